The van der Waals surface area contributed by atoms with Crippen LogP contribution in [0.15, 0.2) is 53.4 Å². The zero-order valence-electron chi connectivity index (χ0n) is 12.3. The zero-order valence-corrected chi connectivity index (χ0v) is 13.1. The molecule has 2 aromatic rings. The fourth-order valence-electron chi connectivity index (χ4n) is 2.14. The SMILES string of the molecule is CC(C)CCc1ccc(-c2ccc(S(=O)(=O)O)cc2)cc1. The molecule has 0 amide bonds. The molecule has 0 fully saturated rings. The highest BCUT2D eigenvalue weighted by Crippen LogP contribution is 2.22. The summed E-state index contributed by atoms with van der Waals surface area (Å²) < 4.78 is 31.0. The Kier molecular flexibility index (Phi) is 4.80. The maximum Gasteiger partial charge on any atom is 0.294 e. The first-order valence-electron chi connectivity index (χ1n) is 7.03. The summed E-state index contributed by atoms with van der Waals surface area (Å²) in [4.78, 5) is -0.0835. The molecule has 112 valence electrons. The lowest BCUT2D eigenvalue weighted by molar-refractivity contribution is 0.483. The minimum absolute atomic E-state index is 0.0835. The smallest absolute Gasteiger partial charge is 0.282 e. The molecular weight excluding hydrogens is 284 g/mol. The molecule has 0 atom stereocenters. The van der Waals surface area contributed by atoms with E-state index in [1.807, 2.05) is 12.1 Å². The van der Waals surface area contributed by atoms with Crippen molar-refractivity contribution in [1.29, 1.82) is 0 Å². The molecule has 4 heteroatoms. The van der Waals surface area contributed by atoms with Crippen molar-refractivity contribution >= 4 is 10.1 Å². The van der Waals surface area contributed by atoms with Crippen LogP contribution in [0.3, 0.4) is 0 Å². The topological polar surface area (TPSA) is 54.4 Å². The lowest BCUT2D eigenvalue weighted by atomic mass is 9.99. The van der Waals surface area contributed by atoms with Gasteiger partial charge in [0.1, 0.15) is 0 Å². The first-order valence-corrected chi connectivity index (χ1v) is 8.47. The van der Waals surface area contributed by atoms with Gasteiger partial charge in [-0.3, -0.25) is 4.55 Å². The van der Waals surface area contributed by atoms with Gasteiger partial charge in [-0.15, -0.1) is 0 Å². The molecule has 0 saturated carbocycles. The second-order valence-corrected chi connectivity index (χ2v) is 7.05. The Morgan fingerprint density at radius 2 is 1.38 bits per heavy atom. The molecule has 2 aromatic carbocycles. The molecule has 0 unspecified atom stereocenters. The monoisotopic (exact) mass is 304 g/mol. The average Bonchev–Trinajstić information content (AvgIpc) is 2.45. The first kappa shape index (κ1) is 15.7. The second kappa shape index (κ2) is 6.41. The molecule has 0 aliphatic rings. The van der Waals surface area contributed by atoms with Crippen molar-refractivity contribution in [3.05, 3.63) is 54.1 Å². The minimum atomic E-state index is -4.12. The highest BCUT2D eigenvalue weighted by molar-refractivity contribution is 7.85. The Bertz CT molecular complexity index is 684. The quantitative estimate of drug-likeness (QED) is 0.843. The van der Waals surface area contributed by atoms with Gasteiger partial charge in [-0.1, -0.05) is 50.2 Å². The highest BCUT2D eigenvalue weighted by Gasteiger charge is 2.08. The van der Waals surface area contributed by atoms with Gasteiger partial charge in [0.25, 0.3) is 10.1 Å². The largest absolute Gasteiger partial charge is 0.294 e. The lowest BCUT2D eigenvalue weighted by Crippen LogP contribution is -1.97. The Balaban J connectivity index is 2.15. The molecule has 0 spiro atoms. The van der Waals surface area contributed by atoms with E-state index in [2.05, 4.69) is 26.0 Å². The number of hydrogen-bond donors (Lipinski definition) is 1. The molecule has 21 heavy (non-hydrogen) atoms. The summed E-state index contributed by atoms with van der Waals surface area (Å²) in [5.74, 6) is 0.692. The molecule has 0 aliphatic carbocycles. The van der Waals surface area contributed by atoms with Crippen molar-refractivity contribution in [3.8, 4) is 11.1 Å². The molecule has 0 radical (unpaired) electrons. The van der Waals surface area contributed by atoms with Crippen molar-refractivity contribution in [3.63, 3.8) is 0 Å². The number of benzene rings is 2. The van der Waals surface area contributed by atoms with E-state index in [1.165, 1.54) is 24.1 Å². The van der Waals surface area contributed by atoms with E-state index in [0.29, 0.717) is 5.92 Å². The highest BCUT2D eigenvalue weighted by atomic mass is 32.2. The zero-order chi connectivity index (χ0) is 15.5. The van der Waals surface area contributed by atoms with E-state index in [4.69, 9.17) is 4.55 Å². The summed E-state index contributed by atoms with van der Waals surface area (Å²) in [6, 6.07) is 14.5. The summed E-state index contributed by atoms with van der Waals surface area (Å²) >= 11 is 0. The van der Waals surface area contributed by atoms with Crippen molar-refractivity contribution in [2.24, 2.45) is 5.92 Å². The molecular formula is C17H20O3S. The van der Waals surface area contributed by atoms with Crippen LogP contribution in [0.1, 0.15) is 25.8 Å². The van der Waals surface area contributed by atoms with Gasteiger partial charge in [-0.25, -0.2) is 0 Å². The van der Waals surface area contributed by atoms with Crippen LogP contribution in [0.2, 0.25) is 0 Å². The van der Waals surface area contributed by atoms with E-state index in [-0.39, 0.29) is 4.90 Å². The van der Waals surface area contributed by atoms with E-state index >= 15 is 0 Å². The first-order chi connectivity index (χ1) is 9.86. The maximum atomic E-state index is 11.0. The van der Waals surface area contributed by atoms with Gasteiger partial charge in [0.2, 0.25) is 0 Å². The molecule has 0 aliphatic heterocycles. The molecule has 0 heterocycles. The maximum absolute atomic E-state index is 11.0. The molecule has 2 rings (SSSR count). The van der Waals surface area contributed by atoms with Crippen LogP contribution in [-0.2, 0) is 16.5 Å². The van der Waals surface area contributed by atoms with Crippen LogP contribution in [0.5, 0.6) is 0 Å². The molecule has 3 nitrogen and oxygen atoms in total. The van der Waals surface area contributed by atoms with Gasteiger partial charge in [-0.2, -0.15) is 8.42 Å². The Hall–Kier alpha value is -1.65. The number of rotatable bonds is 5. The van der Waals surface area contributed by atoms with Crippen LogP contribution < -0.4 is 0 Å². The Morgan fingerprint density at radius 3 is 1.81 bits per heavy atom. The van der Waals surface area contributed by atoms with E-state index in [0.717, 1.165) is 17.5 Å². The third kappa shape index (κ3) is 4.41. The minimum Gasteiger partial charge on any atom is -0.282 e. The number of aryl methyl sites for hydroxylation is 1. The van der Waals surface area contributed by atoms with Crippen LogP contribution in [-0.4, -0.2) is 13.0 Å². The van der Waals surface area contributed by atoms with Crippen molar-refractivity contribution in [2.45, 2.75) is 31.6 Å². The van der Waals surface area contributed by atoms with Gasteiger partial charge in [0.05, 0.1) is 4.90 Å². The van der Waals surface area contributed by atoms with Crippen molar-refractivity contribution < 1.29 is 13.0 Å². The second-order valence-electron chi connectivity index (χ2n) is 5.63. The normalized spacial score (nSPS) is 11.8. The van der Waals surface area contributed by atoms with E-state index in [9.17, 15) is 8.42 Å². The average molecular weight is 304 g/mol. The summed E-state index contributed by atoms with van der Waals surface area (Å²) in [5, 5.41) is 0. The molecule has 0 saturated heterocycles. The summed E-state index contributed by atoms with van der Waals surface area (Å²) in [6.45, 7) is 4.43. The van der Waals surface area contributed by atoms with Crippen LogP contribution in [0.4, 0.5) is 0 Å². The third-order valence-corrected chi connectivity index (χ3v) is 4.32. The summed E-state index contributed by atoms with van der Waals surface area (Å²) in [6.07, 6.45) is 2.24. The molecule has 1 N–H and O–H groups in total. The summed E-state index contributed by atoms with van der Waals surface area (Å²) in [5.41, 5.74) is 3.27. The lowest BCUT2D eigenvalue weighted by Gasteiger charge is -2.07. The van der Waals surface area contributed by atoms with Gasteiger partial charge >= 0.3 is 0 Å². The van der Waals surface area contributed by atoms with Crippen molar-refractivity contribution in [2.75, 3.05) is 0 Å². The van der Waals surface area contributed by atoms with Crippen molar-refractivity contribution in [1.82, 2.24) is 0 Å². The predicted molar refractivity (Wildman–Crippen MR) is 84.9 cm³/mol. The van der Waals surface area contributed by atoms with Crippen LogP contribution >= 0.6 is 0 Å². The van der Waals surface area contributed by atoms with Gasteiger partial charge in [0.15, 0.2) is 0 Å². The van der Waals surface area contributed by atoms with Gasteiger partial charge < -0.3 is 0 Å². The standard InChI is InChI=1S/C17H20O3S/c1-13(2)3-4-14-5-7-15(8-6-14)16-9-11-17(12-10-16)21(18,19)20/h5-13H,3-4H2,1-2H3,(H,18,19,20). The summed E-state index contributed by atoms with van der Waals surface area (Å²) in [7, 11) is -4.12. The predicted octanol–water partition coefficient (Wildman–Crippen LogP) is 4.19. The molecule has 0 aromatic heterocycles. The fourth-order valence-corrected chi connectivity index (χ4v) is 2.62. The third-order valence-electron chi connectivity index (χ3n) is 3.45. The van der Waals surface area contributed by atoms with Gasteiger partial charge in [0, 0.05) is 0 Å². The number of hydrogen-bond acceptors (Lipinski definition) is 2. The van der Waals surface area contributed by atoms with Crippen LogP contribution in [0.25, 0.3) is 11.1 Å². The van der Waals surface area contributed by atoms with E-state index < -0.39 is 10.1 Å². The van der Waals surface area contributed by atoms with Gasteiger partial charge in [-0.05, 0) is 47.6 Å². The Labute approximate surface area is 126 Å². The molecule has 0 bridgehead atoms. The van der Waals surface area contributed by atoms with Crippen LogP contribution in [0, 0.1) is 5.92 Å². The Morgan fingerprint density at radius 1 is 0.905 bits per heavy atom. The fraction of sp³-hybridized carbons (Fsp3) is 0.294. The van der Waals surface area contributed by atoms with E-state index in [1.54, 1.807) is 12.1 Å².